The molecule has 0 N–H and O–H groups in total. The van der Waals surface area contributed by atoms with Crippen LogP contribution in [0, 0.1) is 13.8 Å². The Morgan fingerprint density at radius 2 is 1.79 bits per heavy atom. The smallest absolute Gasteiger partial charge is 0.264 e. The number of alkyl halides is 2. The van der Waals surface area contributed by atoms with Gasteiger partial charge in [0, 0.05) is 17.0 Å². The molecule has 148 valence electrons. The summed E-state index contributed by atoms with van der Waals surface area (Å²) in [6.07, 6.45) is 0.260. The van der Waals surface area contributed by atoms with Gasteiger partial charge < -0.3 is 9.64 Å². The standard InChI is InChI=1S/C21H21Cl2NO2S2/c1-14-6-4-7-15(2)19(14)24(13-18-17(26-3)9-11-28-18)20(25)21(22,23)12-16-8-5-10-27-16/h4-11H,12-13H2,1-3H3. The first-order valence-corrected chi connectivity index (χ1v) is 11.2. The van der Waals surface area contributed by atoms with Gasteiger partial charge in [-0.3, -0.25) is 4.79 Å². The summed E-state index contributed by atoms with van der Waals surface area (Å²) in [5.41, 5.74) is 2.81. The highest BCUT2D eigenvalue weighted by Gasteiger charge is 2.39. The second-order valence-electron chi connectivity index (χ2n) is 6.50. The van der Waals surface area contributed by atoms with Gasteiger partial charge in [-0.25, -0.2) is 0 Å². The monoisotopic (exact) mass is 453 g/mol. The molecule has 1 amide bonds. The molecular weight excluding hydrogens is 433 g/mol. The number of aryl methyl sites for hydroxylation is 2. The van der Waals surface area contributed by atoms with Crippen molar-refractivity contribution in [3.63, 3.8) is 0 Å². The number of hydrogen-bond acceptors (Lipinski definition) is 4. The van der Waals surface area contributed by atoms with Crippen LogP contribution in [0.1, 0.15) is 20.9 Å². The molecule has 0 unspecified atom stereocenters. The van der Waals surface area contributed by atoms with Gasteiger partial charge in [-0.1, -0.05) is 47.5 Å². The first-order chi connectivity index (χ1) is 13.3. The maximum Gasteiger partial charge on any atom is 0.264 e. The number of ether oxygens (including phenoxy) is 1. The summed E-state index contributed by atoms with van der Waals surface area (Å²) in [6.45, 7) is 4.31. The quantitative estimate of drug-likeness (QED) is 0.388. The Balaban J connectivity index is 2.01. The number of halogens is 2. The summed E-state index contributed by atoms with van der Waals surface area (Å²) >= 11 is 16.3. The van der Waals surface area contributed by atoms with Crippen LogP contribution in [0.2, 0.25) is 0 Å². The summed E-state index contributed by atoms with van der Waals surface area (Å²) in [6, 6.07) is 11.7. The average Bonchev–Trinajstić information content (AvgIpc) is 3.31. The lowest BCUT2D eigenvalue weighted by molar-refractivity contribution is -0.119. The fourth-order valence-electron chi connectivity index (χ4n) is 3.16. The first-order valence-electron chi connectivity index (χ1n) is 8.72. The number of carbonyl (C=O) groups excluding carboxylic acids is 1. The predicted octanol–water partition coefficient (Wildman–Crippen LogP) is 6.38. The van der Waals surface area contributed by atoms with Gasteiger partial charge in [0.2, 0.25) is 4.33 Å². The predicted molar refractivity (Wildman–Crippen MR) is 120 cm³/mol. The van der Waals surface area contributed by atoms with Crippen molar-refractivity contribution in [3.8, 4) is 5.75 Å². The molecule has 0 aliphatic heterocycles. The number of amides is 1. The molecule has 0 aliphatic rings. The lowest BCUT2D eigenvalue weighted by Gasteiger charge is -2.31. The van der Waals surface area contributed by atoms with Crippen LogP contribution in [0.15, 0.2) is 47.2 Å². The third-order valence-corrected chi connectivity index (χ3v) is 6.82. The molecule has 1 aromatic carbocycles. The van der Waals surface area contributed by atoms with Gasteiger partial charge in [0.1, 0.15) is 5.75 Å². The molecule has 0 saturated heterocycles. The zero-order valence-electron chi connectivity index (χ0n) is 15.9. The fraction of sp³-hybridized carbons (Fsp3) is 0.286. The van der Waals surface area contributed by atoms with Crippen LogP contribution < -0.4 is 9.64 Å². The van der Waals surface area contributed by atoms with E-state index in [0.29, 0.717) is 6.54 Å². The third-order valence-electron chi connectivity index (χ3n) is 4.47. The maximum atomic E-state index is 13.6. The van der Waals surface area contributed by atoms with E-state index < -0.39 is 4.33 Å². The molecule has 3 aromatic rings. The zero-order chi connectivity index (χ0) is 20.3. The summed E-state index contributed by atoms with van der Waals surface area (Å²) < 4.78 is 3.88. The molecule has 0 saturated carbocycles. The Morgan fingerprint density at radius 1 is 1.07 bits per heavy atom. The summed E-state index contributed by atoms with van der Waals surface area (Å²) in [4.78, 5) is 17.1. The molecule has 2 heterocycles. The van der Waals surface area contributed by atoms with Crippen molar-refractivity contribution in [2.45, 2.75) is 31.1 Å². The van der Waals surface area contributed by atoms with Crippen molar-refractivity contribution in [2.24, 2.45) is 0 Å². The van der Waals surface area contributed by atoms with Crippen LogP contribution in [0.5, 0.6) is 5.75 Å². The van der Waals surface area contributed by atoms with Crippen molar-refractivity contribution < 1.29 is 9.53 Å². The Hall–Kier alpha value is -1.53. The van der Waals surface area contributed by atoms with Crippen LogP contribution in [0.4, 0.5) is 5.69 Å². The second-order valence-corrected chi connectivity index (χ2v) is 10.0. The van der Waals surface area contributed by atoms with E-state index in [1.807, 2.05) is 61.0 Å². The van der Waals surface area contributed by atoms with E-state index >= 15 is 0 Å². The Labute approximate surface area is 183 Å². The molecule has 3 nitrogen and oxygen atoms in total. The van der Waals surface area contributed by atoms with E-state index in [1.165, 1.54) is 22.7 Å². The third kappa shape index (κ3) is 4.54. The van der Waals surface area contributed by atoms with Crippen LogP contribution in [0.25, 0.3) is 0 Å². The summed E-state index contributed by atoms with van der Waals surface area (Å²) in [7, 11) is 1.63. The van der Waals surface area contributed by atoms with Gasteiger partial charge in [0.15, 0.2) is 0 Å². The number of methoxy groups -OCH3 is 1. The van der Waals surface area contributed by atoms with Crippen molar-refractivity contribution in [1.29, 1.82) is 0 Å². The molecule has 3 rings (SSSR count). The number of hydrogen-bond donors (Lipinski definition) is 0. The number of nitrogens with zero attached hydrogens (tertiary/aromatic N) is 1. The normalized spacial score (nSPS) is 11.5. The van der Waals surface area contributed by atoms with Crippen LogP contribution in [0.3, 0.4) is 0 Å². The molecule has 28 heavy (non-hydrogen) atoms. The van der Waals surface area contributed by atoms with E-state index in [9.17, 15) is 4.79 Å². The van der Waals surface area contributed by atoms with Gasteiger partial charge in [-0.15, -0.1) is 22.7 Å². The number of thiophene rings is 2. The van der Waals surface area contributed by atoms with Crippen molar-refractivity contribution >= 4 is 57.5 Å². The fourth-order valence-corrected chi connectivity index (χ4v) is 5.42. The number of para-hydroxylation sites is 1. The molecule has 0 spiro atoms. The molecule has 0 radical (unpaired) electrons. The molecule has 7 heteroatoms. The molecule has 0 bridgehead atoms. The van der Waals surface area contributed by atoms with Crippen molar-refractivity contribution in [2.75, 3.05) is 12.0 Å². The highest BCUT2D eigenvalue weighted by atomic mass is 35.5. The van der Waals surface area contributed by atoms with Crippen molar-refractivity contribution in [3.05, 3.63) is 68.0 Å². The average molecular weight is 454 g/mol. The summed E-state index contributed by atoms with van der Waals surface area (Å²) in [5.74, 6) is 0.416. The largest absolute Gasteiger partial charge is 0.496 e. The highest BCUT2D eigenvalue weighted by molar-refractivity contribution is 7.10. The topological polar surface area (TPSA) is 29.5 Å². The van der Waals surface area contributed by atoms with Crippen LogP contribution in [-0.2, 0) is 17.8 Å². The minimum Gasteiger partial charge on any atom is -0.496 e. The highest BCUT2D eigenvalue weighted by Crippen LogP contribution is 2.37. The lowest BCUT2D eigenvalue weighted by atomic mass is 10.1. The molecule has 0 fully saturated rings. The van der Waals surface area contributed by atoms with Crippen LogP contribution in [-0.4, -0.2) is 17.4 Å². The zero-order valence-corrected chi connectivity index (χ0v) is 19.0. The van der Waals surface area contributed by atoms with Gasteiger partial charge in [-0.05, 0) is 47.9 Å². The van der Waals surface area contributed by atoms with Crippen LogP contribution >= 0.6 is 45.9 Å². The van der Waals surface area contributed by atoms with Gasteiger partial charge in [0.05, 0.1) is 18.5 Å². The summed E-state index contributed by atoms with van der Waals surface area (Å²) in [5, 5.41) is 3.89. The van der Waals surface area contributed by atoms with Crippen molar-refractivity contribution in [1.82, 2.24) is 0 Å². The Kier molecular flexibility index (Phi) is 6.71. The minimum absolute atomic E-state index is 0.260. The Morgan fingerprint density at radius 3 is 2.39 bits per heavy atom. The number of rotatable bonds is 7. The molecule has 2 aromatic heterocycles. The Bertz CT molecular complexity index is 931. The molecular formula is C21H21Cl2NO2S2. The lowest BCUT2D eigenvalue weighted by Crippen LogP contribution is -2.43. The number of carbonyl (C=O) groups is 1. The molecule has 0 atom stereocenters. The second kappa shape index (κ2) is 8.87. The number of benzene rings is 1. The first kappa shape index (κ1) is 21.2. The maximum absolute atomic E-state index is 13.6. The molecule has 0 aliphatic carbocycles. The van der Waals surface area contributed by atoms with E-state index in [4.69, 9.17) is 27.9 Å². The van der Waals surface area contributed by atoms with E-state index in [2.05, 4.69) is 0 Å². The SMILES string of the molecule is COc1ccsc1CN(C(=O)C(Cl)(Cl)Cc1cccs1)c1c(C)cccc1C. The van der Waals surface area contributed by atoms with Gasteiger partial charge >= 0.3 is 0 Å². The van der Waals surface area contributed by atoms with E-state index in [0.717, 1.165) is 32.3 Å². The number of anilines is 1. The van der Waals surface area contributed by atoms with E-state index in [1.54, 1.807) is 12.0 Å². The van der Waals surface area contributed by atoms with Gasteiger partial charge in [0.25, 0.3) is 5.91 Å². The minimum atomic E-state index is -1.57. The van der Waals surface area contributed by atoms with Gasteiger partial charge in [-0.2, -0.15) is 0 Å². The van der Waals surface area contributed by atoms with E-state index in [-0.39, 0.29) is 12.3 Å².